The topological polar surface area (TPSA) is 235 Å². The molecule has 0 unspecified atom stereocenters. The van der Waals surface area contributed by atoms with Gasteiger partial charge in [0.15, 0.2) is 0 Å². The second-order valence-electron chi connectivity index (χ2n) is 34.3. The predicted molar refractivity (Wildman–Crippen MR) is 481 cm³/mol. The van der Waals surface area contributed by atoms with Gasteiger partial charge in [-0.3, -0.25) is 41.8 Å². The Morgan fingerprint density at radius 2 is 0.763 bits per heavy atom. The highest BCUT2D eigenvalue weighted by molar-refractivity contribution is 6.06. The third kappa shape index (κ3) is 28.2. The van der Waals surface area contributed by atoms with Gasteiger partial charge >= 0.3 is 18.5 Å². The van der Waals surface area contributed by atoms with Crippen LogP contribution in [0, 0.1) is 23.7 Å². The molecule has 20 nitrogen and oxygen atoms in total. The third-order valence-corrected chi connectivity index (χ3v) is 22.4. The van der Waals surface area contributed by atoms with Crippen molar-refractivity contribution in [3.63, 3.8) is 0 Å². The van der Waals surface area contributed by atoms with Gasteiger partial charge in [0.2, 0.25) is 5.92 Å². The zero-order chi connectivity index (χ0) is 93.3. The van der Waals surface area contributed by atoms with Crippen LogP contribution in [0.4, 0.5) is 48.3 Å². The number of fused-ring (bicyclic) bond motifs is 4. The van der Waals surface area contributed by atoms with E-state index < -0.39 is 86.7 Å². The Hall–Kier alpha value is -12.6. The molecule has 8 heterocycles. The van der Waals surface area contributed by atoms with Gasteiger partial charge in [-0.25, -0.2) is 28.7 Å². The number of Topliss-reactive ketones (excluding diaryl/α,β-unsaturated/α-hetero) is 4. The summed E-state index contributed by atoms with van der Waals surface area (Å²) in [5.41, 5.74) is 20.1. The zero-order valence-electron chi connectivity index (χ0n) is 73.8. The maximum absolute atomic E-state index is 13.0. The summed E-state index contributed by atoms with van der Waals surface area (Å²) in [7, 11) is 1.81. The molecule has 0 atom stereocenters. The number of hydrogen-bond donors (Lipinski definition) is 1. The highest BCUT2D eigenvalue weighted by Crippen LogP contribution is 2.40. The maximum Gasteiger partial charge on any atom is 0.389 e. The van der Waals surface area contributed by atoms with Crippen molar-refractivity contribution in [2.24, 2.45) is 44.1 Å². The third-order valence-electron chi connectivity index (χ3n) is 22.4. The Kier molecular flexibility index (Phi) is 31.5. The molecule has 0 amide bonds. The Morgan fingerprint density at radius 3 is 1.10 bits per heavy atom. The number of halogens is 11. The van der Waals surface area contributed by atoms with Crippen LogP contribution < -0.4 is 4.74 Å². The normalized spacial score (nSPS) is 14.7. The Morgan fingerprint density at radius 1 is 0.427 bits per heavy atom. The van der Waals surface area contributed by atoms with Crippen LogP contribution in [0.1, 0.15) is 201 Å². The molecule has 31 heteroatoms. The number of ketones is 4. The first-order valence-electron chi connectivity index (χ1n) is 44.3. The summed E-state index contributed by atoms with van der Waals surface area (Å²) in [4.78, 5) is 81.8. The van der Waals surface area contributed by atoms with Gasteiger partial charge < -0.3 is 19.6 Å². The van der Waals surface area contributed by atoms with Crippen LogP contribution in [0.3, 0.4) is 0 Å². The number of hydrogen-bond acceptors (Lipinski definition) is 16. The van der Waals surface area contributed by atoms with E-state index in [0.29, 0.717) is 65.0 Å². The molecule has 0 aliphatic heterocycles. The molecule has 690 valence electrons. The number of pyridine rings is 4. The van der Waals surface area contributed by atoms with Gasteiger partial charge in [-0.1, -0.05) is 83.9 Å². The number of carbonyl (C=O) groups is 4. The zero-order valence-corrected chi connectivity index (χ0v) is 73.8. The van der Waals surface area contributed by atoms with Crippen LogP contribution in [0.5, 0.6) is 5.75 Å². The minimum Gasteiger partial charge on any atom is -0.491 e. The molecule has 4 fully saturated rings. The van der Waals surface area contributed by atoms with Crippen molar-refractivity contribution in [3.8, 4) is 50.8 Å². The summed E-state index contributed by atoms with van der Waals surface area (Å²) in [5, 5.41) is 21.6. The second-order valence-corrected chi connectivity index (χ2v) is 34.3. The van der Waals surface area contributed by atoms with Gasteiger partial charge in [0, 0.05) is 158 Å². The molecule has 0 radical (unpaired) electrons. The van der Waals surface area contributed by atoms with Crippen LogP contribution in [0.25, 0.3) is 67.6 Å². The minimum atomic E-state index is -4.35. The summed E-state index contributed by atoms with van der Waals surface area (Å²) in [6.07, 6.45) is 7.91. The average molecular weight is 1810 g/mol. The van der Waals surface area contributed by atoms with E-state index in [0.717, 1.165) is 177 Å². The number of aromatic nitrogens is 8. The molecule has 0 bridgehead atoms. The van der Waals surface area contributed by atoms with Crippen LogP contribution in [-0.2, 0) is 54.5 Å². The molecule has 16 rings (SSSR count). The molecule has 4 saturated carbocycles. The molecule has 4 aliphatic rings. The Labute approximate surface area is 751 Å². The quantitative estimate of drug-likeness (QED) is 0.0125. The molecule has 0 spiro atoms. The Bertz CT molecular complexity index is 5970. The maximum atomic E-state index is 13.0. The van der Waals surface area contributed by atoms with Crippen LogP contribution >= 0.6 is 0 Å². The smallest absolute Gasteiger partial charge is 0.389 e. The predicted octanol–water partition coefficient (Wildman–Crippen LogP) is 23.6. The standard InChI is InChI=1S/C26H28F3N3O2.2C25H26F3N3O2.C24H25F2N3O2/c1-16(2)34-22-12-17(11-21(33)6-8-26(27,28)29)10-20(13-22)23-15-31-24-14-19(7-9-32(23)24)25(30-3)18-4-5-18;2*1-2-12-33-30-24(18-6-7-18)20-9-11-31-22(16-29-23(31)15-20)19-5-3-4-17(13-19)14-21(32)8-10-25(26,27)28;1-24(25,26)9-7-20(30)12-17-3-2-4-19(11-17)22-15-27-23-14-18(8-10-29(22)23)21(28-31)13-16-5-6-16/h7,9-10,12-16,18H,4-6,8,11H2,1-3H3;2*3-5,9,11,13,15-16,18H,2,6-8,10,12,14H2,1H3;2-4,8,10-11,14-16,31H,5-7,9,12-13H2,1H3/b;30-24+;30-24-;. The number of carbonyl (C=O) groups excluding carboxylic acids is 4. The first-order valence-corrected chi connectivity index (χ1v) is 44.3. The molecule has 131 heavy (non-hydrogen) atoms. The number of imidazole rings is 4. The lowest BCUT2D eigenvalue weighted by molar-refractivity contribution is -0.143. The molecule has 0 saturated heterocycles. The van der Waals surface area contributed by atoms with Crippen molar-refractivity contribution in [1.29, 1.82) is 0 Å². The van der Waals surface area contributed by atoms with Crippen LogP contribution in [-0.4, -0.2) is 140 Å². The molecule has 4 aromatic carbocycles. The molecule has 1 N–H and O–H groups in total. The minimum absolute atomic E-state index is 0.0240. The van der Waals surface area contributed by atoms with Crippen molar-refractivity contribution in [1.82, 2.24) is 37.5 Å². The summed E-state index contributed by atoms with van der Waals surface area (Å²) in [5.74, 6) is -1.81. The lowest BCUT2D eigenvalue weighted by Gasteiger charge is -2.14. The van der Waals surface area contributed by atoms with Gasteiger partial charge in [-0.05, 0) is 205 Å². The number of alkyl halides is 11. The first kappa shape index (κ1) is 96.0. The van der Waals surface area contributed by atoms with Gasteiger partial charge in [0.05, 0.1) is 90.1 Å². The molecular weight excluding hydrogens is 1710 g/mol. The lowest BCUT2D eigenvalue weighted by Crippen LogP contribution is -2.13. The number of ether oxygens (including phenoxy) is 1. The van der Waals surface area contributed by atoms with Crippen LogP contribution in [0.2, 0.25) is 0 Å². The van der Waals surface area contributed by atoms with Gasteiger partial charge in [-0.2, -0.15) is 39.5 Å². The fourth-order valence-electron chi connectivity index (χ4n) is 15.2. The largest absolute Gasteiger partial charge is 0.491 e. The highest BCUT2D eigenvalue weighted by Gasteiger charge is 2.35. The van der Waals surface area contributed by atoms with Crippen molar-refractivity contribution >= 4 is 68.6 Å². The van der Waals surface area contributed by atoms with E-state index in [1.54, 1.807) is 55.1 Å². The summed E-state index contributed by atoms with van der Waals surface area (Å²) in [6.45, 7) is 9.86. The average Bonchev–Trinajstić information content (AvgIpc) is 1.64. The molecular formula is C100H105F11N12O8. The number of nitrogens with zero attached hydrogens (tertiary/aromatic N) is 12. The molecule has 8 aromatic heterocycles. The van der Waals surface area contributed by atoms with E-state index >= 15 is 0 Å². The van der Waals surface area contributed by atoms with Gasteiger partial charge in [-0.15, -0.1) is 0 Å². The molecule has 12 aromatic rings. The second kappa shape index (κ2) is 43.0. The van der Waals surface area contributed by atoms with Gasteiger partial charge in [0.1, 0.15) is 64.7 Å². The first-order chi connectivity index (χ1) is 62.6. The number of aliphatic imine (C=N–C) groups is 1. The number of rotatable bonds is 38. The van der Waals surface area contributed by atoms with E-state index in [1.807, 2.05) is 186 Å². The van der Waals surface area contributed by atoms with E-state index in [9.17, 15) is 72.7 Å². The summed E-state index contributed by atoms with van der Waals surface area (Å²) >= 11 is 0. The van der Waals surface area contributed by atoms with E-state index in [1.165, 1.54) is 12.8 Å². The number of benzene rings is 4. The summed E-state index contributed by atoms with van der Waals surface area (Å²) in [6, 6.07) is 43.3. The monoisotopic (exact) mass is 1810 g/mol. The van der Waals surface area contributed by atoms with Crippen molar-refractivity contribution in [2.45, 2.75) is 213 Å². The fraction of sp³-hybridized carbons (Fsp3) is 0.400. The highest BCUT2D eigenvalue weighted by atomic mass is 19.4. The van der Waals surface area contributed by atoms with E-state index in [2.05, 4.69) is 40.4 Å². The van der Waals surface area contributed by atoms with Gasteiger partial charge in [0.25, 0.3) is 0 Å². The lowest BCUT2D eigenvalue weighted by atomic mass is 10.0. The number of oxime groups is 3. The molecule has 4 aliphatic carbocycles. The van der Waals surface area contributed by atoms with E-state index in [4.69, 9.17) is 14.4 Å². The van der Waals surface area contributed by atoms with Crippen molar-refractivity contribution in [2.75, 3.05) is 20.3 Å². The van der Waals surface area contributed by atoms with Crippen molar-refractivity contribution < 1.29 is 87.1 Å². The SMILES string of the molecule is CC(F)(F)CCC(=O)Cc1cccc(-c2cnc3cc(C(CC4CC4)=NO)ccn23)c1.CCCO/N=C(/c1ccn2c(-c3cccc(CC(=O)CCC(F)(F)F)c3)cnc2c1)C1CC1.CCCO/N=C(\c1ccn2c(-c3cccc(CC(=O)CCC(F)(F)F)c3)cnc2c1)C1CC1.CN=C(c1ccn2c(-c3cc(CC(=O)CCC(F)(F)F)cc(OC(C)C)c3)cnc2c1)C1CC1. The van der Waals surface area contributed by atoms with E-state index in [-0.39, 0.29) is 44.0 Å². The summed E-state index contributed by atoms with van der Waals surface area (Å²) < 4.78 is 151. The van der Waals surface area contributed by atoms with Crippen molar-refractivity contribution in [3.05, 3.63) is 234 Å². The van der Waals surface area contributed by atoms with Crippen LogP contribution in [0.15, 0.2) is 210 Å². The Balaban J connectivity index is 0.000000149. The fourth-order valence-corrected chi connectivity index (χ4v) is 15.2.